The highest BCUT2D eigenvalue weighted by Gasteiger charge is 2.39. The average molecular weight is 369 g/mol. The van der Waals surface area contributed by atoms with Crippen molar-refractivity contribution in [2.24, 2.45) is 17.6 Å². The maximum atomic E-state index is 13.2. The summed E-state index contributed by atoms with van der Waals surface area (Å²) in [6, 6.07) is 5.89. The topological polar surface area (TPSA) is 64.8 Å². The summed E-state index contributed by atoms with van der Waals surface area (Å²) in [6.07, 6.45) is 5.15. The summed E-state index contributed by atoms with van der Waals surface area (Å²) in [5.74, 6) is 2.32. The Kier molecular flexibility index (Phi) is 6.96. The molecule has 1 saturated carbocycles. The molecule has 140 valence electrons. The lowest BCUT2D eigenvalue weighted by molar-refractivity contribution is -0.137. The molecule has 1 heterocycles. The number of methoxy groups -OCH3 is 2. The lowest BCUT2D eigenvalue weighted by Gasteiger charge is -2.30. The number of ether oxygens (including phenoxy) is 2. The molecular weight excluding hydrogens is 340 g/mol. The number of hydrogen-bond donors (Lipinski definition) is 1. The molecule has 1 aliphatic carbocycles. The normalized spacial score (nSPS) is 25.6. The third kappa shape index (κ3) is 3.87. The van der Waals surface area contributed by atoms with Gasteiger partial charge in [0.2, 0.25) is 5.91 Å². The second-order valence-electron chi connectivity index (χ2n) is 6.83. The van der Waals surface area contributed by atoms with Crippen LogP contribution in [0.5, 0.6) is 11.5 Å². The molecule has 6 heteroatoms. The van der Waals surface area contributed by atoms with Crippen LogP contribution in [0.2, 0.25) is 0 Å². The van der Waals surface area contributed by atoms with Gasteiger partial charge in [0, 0.05) is 18.0 Å². The molecule has 1 aliphatic heterocycles. The van der Waals surface area contributed by atoms with Gasteiger partial charge in [0.05, 0.1) is 20.3 Å². The Bertz CT molecular complexity index is 596. The van der Waals surface area contributed by atoms with E-state index >= 15 is 0 Å². The van der Waals surface area contributed by atoms with Gasteiger partial charge in [0.15, 0.2) is 0 Å². The molecule has 0 spiro atoms. The predicted octanol–water partition coefficient (Wildman–Crippen LogP) is 3.16. The van der Waals surface area contributed by atoms with Crippen molar-refractivity contribution in [3.05, 3.63) is 23.8 Å². The fourth-order valence-electron chi connectivity index (χ4n) is 4.31. The molecule has 2 fully saturated rings. The number of nitrogens with two attached hydrogens (primary N) is 1. The fourth-order valence-corrected chi connectivity index (χ4v) is 4.31. The number of likely N-dealkylation sites (tertiary alicyclic amines) is 1. The van der Waals surface area contributed by atoms with Gasteiger partial charge in [-0.25, -0.2) is 0 Å². The SMILES string of the molecule is COc1ccc(OC)c(C2CCCN2C(=O)[C@@H]2CCC[C@@H]2CN)c1.Cl. The second kappa shape index (κ2) is 8.77. The lowest BCUT2D eigenvalue weighted by atomic mass is 9.93. The van der Waals surface area contributed by atoms with Crippen LogP contribution in [-0.4, -0.2) is 38.1 Å². The van der Waals surface area contributed by atoms with Crippen LogP contribution >= 0.6 is 12.4 Å². The zero-order valence-electron chi connectivity index (χ0n) is 15.1. The van der Waals surface area contributed by atoms with Gasteiger partial charge in [-0.2, -0.15) is 0 Å². The van der Waals surface area contributed by atoms with E-state index in [1.165, 1.54) is 0 Å². The van der Waals surface area contributed by atoms with Gasteiger partial charge in [0.25, 0.3) is 0 Å². The van der Waals surface area contributed by atoms with Gasteiger partial charge in [-0.1, -0.05) is 6.42 Å². The van der Waals surface area contributed by atoms with E-state index in [1.807, 2.05) is 18.2 Å². The molecule has 3 rings (SSSR count). The van der Waals surface area contributed by atoms with Crippen LogP contribution in [0.3, 0.4) is 0 Å². The summed E-state index contributed by atoms with van der Waals surface area (Å²) in [5.41, 5.74) is 6.93. The molecule has 2 N–H and O–H groups in total. The lowest BCUT2D eigenvalue weighted by Crippen LogP contribution is -2.38. The Morgan fingerprint density at radius 2 is 2.00 bits per heavy atom. The maximum Gasteiger partial charge on any atom is 0.226 e. The standard InChI is InChI=1S/C19H28N2O3.ClH/c1-23-14-8-9-18(24-2)16(11-14)17-7-4-10-21(17)19(22)15-6-3-5-13(15)12-20;/h8-9,11,13,15,17H,3-7,10,12,20H2,1-2H3;1H/t13-,15-,17?;/m1./s1. The summed E-state index contributed by atoms with van der Waals surface area (Å²) >= 11 is 0. The van der Waals surface area contributed by atoms with Gasteiger partial charge in [-0.15, -0.1) is 12.4 Å². The highest BCUT2D eigenvalue weighted by molar-refractivity contribution is 5.85. The third-order valence-corrected chi connectivity index (χ3v) is 5.61. The minimum Gasteiger partial charge on any atom is -0.497 e. The minimum atomic E-state index is 0. The van der Waals surface area contributed by atoms with E-state index in [1.54, 1.807) is 14.2 Å². The summed E-state index contributed by atoms with van der Waals surface area (Å²) in [7, 11) is 3.33. The predicted molar refractivity (Wildman–Crippen MR) is 100 cm³/mol. The summed E-state index contributed by atoms with van der Waals surface area (Å²) in [6.45, 7) is 1.43. The molecule has 0 radical (unpaired) electrons. The first-order valence-electron chi connectivity index (χ1n) is 8.92. The van der Waals surface area contributed by atoms with Crippen molar-refractivity contribution < 1.29 is 14.3 Å². The molecule has 2 aliphatic rings. The van der Waals surface area contributed by atoms with E-state index in [0.29, 0.717) is 12.5 Å². The quantitative estimate of drug-likeness (QED) is 0.867. The highest BCUT2D eigenvalue weighted by Crippen LogP contribution is 2.42. The van der Waals surface area contributed by atoms with Crippen LogP contribution in [0.1, 0.15) is 43.7 Å². The Morgan fingerprint density at radius 3 is 2.68 bits per heavy atom. The molecule has 0 bridgehead atoms. The van der Waals surface area contributed by atoms with Crippen molar-refractivity contribution in [3.63, 3.8) is 0 Å². The second-order valence-corrected chi connectivity index (χ2v) is 6.83. The van der Waals surface area contributed by atoms with Crippen LogP contribution in [0.15, 0.2) is 18.2 Å². The molecule has 5 nitrogen and oxygen atoms in total. The van der Waals surface area contributed by atoms with E-state index < -0.39 is 0 Å². The first kappa shape index (κ1) is 19.9. The number of nitrogens with zero attached hydrogens (tertiary/aromatic N) is 1. The highest BCUT2D eigenvalue weighted by atomic mass is 35.5. The van der Waals surface area contributed by atoms with E-state index in [2.05, 4.69) is 4.90 Å². The molecule has 1 saturated heterocycles. The van der Waals surface area contributed by atoms with E-state index in [-0.39, 0.29) is 30.3 Å². The number of rotatable bonds is 5. The Hall–Kier alpha value is -1.46. The number of benzene rings is 1. The van der Waals surface area contributed by atoms with Crippen molar-refractivity contribution in [1.29, 1.82) is 0 Å². The summed E-state index contributed by atoms with van der Waals surface area (Å²) in [4.78, 5) is 15.2. The van der Waals surface area contributed by atoms with Crippen LogP contribution in [-0.2, 0) is 4.79 Å². The van der Waals surface area contributed by atoms with Crippen LogP contribution < -0.4 is 15.2 Å². The van der Waals surface area contributed by atoms with Crippen molar-refractivity contribution in [3.8, 4) is 11.5 Å². The molecule has 3 atom stereocenters. The zero-order valence-corrected chi connectivity index (χ0v) is 15.9. The van der Waals surface area contributed by atoms with Gasteiger partial charge in [0.1, 0.15) is 11.5 Å². The number of hydrogen-bond acceptors (Lipinski definition) is 4. The first-order chi connectivity index (χ1) is 11.7. The van der Waals surface area contributed by atoms with E-state index in [9.17, 15) is 4.79 Å². The van der Waals surface area contributed by atoms with Crippen molar-refractivity contribution in [1.82, 2.24) is 4.90 Å². The molecule has 1 unspecified atom stereocenters. The molecule has 0 aromatic heterocycles. The molecule has 1 aromatic carbocycles. The Labute approximate surface area is 156 Å². The van der Waals surface area contributed by atoms with Gasteiger partial charge in [-0.05, 0) is 56.3 Å². The van der Waals surface area contributed by atoms with Gasteiger partial charge >= 0.3 is 0 Å². The van der Waals surface area contributed by atoms with E-state index in [0.717, 1.165) is 55.7 Å². The summed E-state index contributed by atoms with van der Waals surface area (Å²) in [5, 5.41) is 0. The van der Waals surface area contributed by atoms with Crippen molar-refractivity contribution >= 4 is 18.3 Å². The van der Waals surface area contributed by atoms with Crippen molar-refractivity contribution in [2.45, 2.75) is 38.1 Å². The summed E-state index contributed by atoms with van der Waals surface area (Å²) < 4.78 is 10.9. The monoisotopic (exact) mass is 368 g/mol. The van der Waals surface area contributed by atoms with Crippen LogP contribution in [0.4, 0.5) is 0 Å². The molecule has 1 amide bonds. The first-order valence-corrected chi connectivity index (χ1v) is 8.92. The fraction of sp³-hybridized carbons (Fsp3) is 0.632. The Morgan fingerprint density at radius 1 is 1.20 bits per heavy atom. The van der Waals surface area contributed by atoms with Crippen LogP contribution in [0.25, 0.3) is 0 Å². The molecular formula is C19H29ClN2O3. The minimum absolute atomic E-state index is 0. The van der Waals surface area contributed by atoms with Gasteiger partial charge in [-0.3, -0.25) is 4.79 Å². The number of halogens is 1. The van der Waals surface area contributed by atoms with Crippen LogP contribution in [0, 0.1) is 11.8 Å². The number of carbonyl (C=O) groups excluding carboxylic acids is 1. The number of amides is 1. The average Bonchev–Trinajstić information content (AvgIpc) is 3.29. The molecule has 25 heavy (non-hydrogen) atoms. The van der Waals surface area contributed by atoms with Crippen molar-refractivity contribution in [2.75, 3.05) is 27.3 Å². The molecule has 1 aromatic rings. The third-order valence-electron chi connectivity index (χ3n) is 5.61. The smallest absolute Gasteiger partial charge is 0.226 e. The number of carbonyl (C=O) groups is 1. The Balaban J connectivity index is 0.00000225. The van der Waals surface area contributed by atoms with Gasteiger partial charge < -0.3 is 20.1 Å². The largest absolute Gasteiger partial charge is 0.497 e. The maximum absolute atomic E-state index is 13.2. The zero-order chi connectivity index (χ0) is 17.1. The van der Waals surface area contributed by atoms with E-state index in [4.69, 9.17) is 15.2 Å².